The molecular formula is C18H27N5O5. The van der Waals surface area contributed by atoms with E-state index in [1.807, 2.05) is 4.90 Å². The van der Waals surface area contributed by atoms with Gasteiger partial charge in [-0.05, 0) is 38.5 Å². The minimum Gasteiger partial charge on any atom is -0.480 e. The maximum atomic E-state index is 12.3. The van der Waals surface area contributed by atoms with Crippen molar-refractivity contribution in [3.8, 4) is 0 Å². The average molecular weight is 393 g/mol. The number of hydrogen-bond donors (Lipinski definition) is 3. The topological polar surface area (TPSA) is 126 Å². The quantitative estimate of drug-likeness (QED) is 0.535. The van der Waals surface area contributed by atoms with Gasteiger partial charge in [-0.2, -0.15) is 5.10 Å². The second kappa shape index (κ2) is 8.59. The number of anilines is 1. The highest BCUT2D eigenvalue weighted by molar-refractivity contribution is 5.99. The second-order valence-electron chi connectivity index (χ2n) is 7.47. The molecule has 0 aromatic carbocycles. The van der Waals surface area contributed by atoms with Crippen molar-refractivity contribution in [1.29, 1.82) is 0 Å². The second-order valence-corrected chi connectivity index (χ2v) is 7.47. The molecule has 3 N–H and O–H groups in total. The van der Waals surface area contributed by atoms with E-state index in [1.165, 1.54) is 23.7 Å². The minimum atomic E-state index is -0.823. The van der Waals surface area contributed by atoms with Crippen LogP contribution in [-0.2, 0) is 16.6 Å². The van der Waals surface area contributed by atoms with Gasteiger partial charge < -0.3 is 15.2 Å². The van der Waals surface area contributed by atoms with E-state index in [4.69, 9.17) is 9.84 Å². The van der Waals surface area contributed by atoms with E-state index >= 15 is 0 Å². The molecule has 1 aromatic rings. The lowest BCUT2D eigenvalue weighted by Gasteiger charge is -2.42. The van der Waals surface area contributed by atoms with Gasteiger partial charge in [-0.15, -0.1) is 0 Å². The minimum absolute atomic E-state index is 0.0322. The van der Waals surface area contributed by atoms with Crippen molar-refractivity contribution in [3.05, 3.63) is 11.8 Å². The summed E-state index contributed by atoms with van der Waals surface area (Å²) in [6, 6.07) is -0.304. The van der Waals surface area contributed by atoms with Gasteiger partial charge in [0.05, 0.1) is 13.2 Å². The Morgan fingerprint density at radius 1 is 1.36 bits per heavy atom. The van der Waals surface area contributed by atoms with Crippen molar-refractivity contribution in [3.63, 3.8) is 0 Å². The average Bonchev–Trinajstić information content (AvgIpc) is 3.31. The van der Waals surface area contributed by atoms with Crippen molar-refractivity contribution < 1.29 is 24.2 Å². The zero-order chi connectivity index (χ0) is 20.3. The number of aliphatic carboxylic acids is 1. The summed E-state index contributed by atoms with van der Waals surface area (Å²) in [5.41, 5.74) is 0.197. The van der Waals surface area contributed by atoms with E-state index in [9.17, 15) is 14.4 Å². The number of aromatic nitrogens is 2. The van der Waals surface area contributed by atoms with Gasteiger partial charge in [-0.3, -0.25) is 19.7 Å². The first-order valence-corrected chi connectivity index (χ1v) is 9.59. The van der Waals surface area contributed by atoms with Crippen LogP contribution >= 0.6 is 0 Å². The number of carboxylic acids is 1. The number of carboxylic acid groups (broad SMARTS) is 1. The number of rotatable bonds is 9. The van der Waals surface area contributed by atoms with Crippen LogP contribution in [0.2, 0.25) is 0 Å². The van der Waals surface area contributed by atoms with Crippen LogP contribution < -0.4 is 10.6 Å². The summed E-state index contributed by atoms with van der Waals surface area (Å²) in [6.07, 6.45) is 5.25. The molecule has 0 radical (unpaired) electrons. The SMILES string of the molecule is CCOC(=O)c1cn(C)nc1NC(=O)NC1CC(N(CC(=O)O)CC2CC2)C1. The number of urea groups is 1. The Bertz CT molecular complexity index is 739. The summed E-state index contributed by atoms with van der Waals surface area (Å²) in [6.45, 7) is 2.79. The molecule has 1 heterocycles. The Morgan fingerprint density at radius 3 is 2.68 bits per heavy atom. The summed E-state index contributed by atoms with van der Waals surface area (Å²) in [4.78, 5) is 37.3. The largest absolute Gasteiger partial charge is 0.480 e. The third kappa shape index (κ3) is 5.22. The Labute approximate surface area is 163 Å². The number of nitrogens with one attached hydrogen (secondary N) is 2. The number of carbonyl (C=O) groups is 3. The highest BCUT2D eigenvalue weighted by Gasteiger charge is 2.37. The molecule has 0 saturated heterocycles. The first-order valence-electron chi connectivity index (χ1n) is 9.59. The standard InChI is InChI=1S/C18H27N5O5/c1-3-28-17(26)14-9-22(2)21-16(14)20-18(27)19-12-6-13(7-12)23(10-15(24)25)8-11-4-5-11/h9,11-13H,3-8,10H2,1-2H3,(H,24,25)(H2,19,20,21,27). The third-order valence-electron chi connectivity index (χ3n) is 5.05. The Balaban J connectivity index is 1.49. The number of esters is 1. The van der Waals surface area contributed by atoms with Crippen LogP contribution in [0.5, 0.6) is 0 Å². The van der Waals surface area contributed by atoms with E-state index < -0.39 is 18.0 Å². The lowest BCUT2D eigenvalue weighted by molar-refractivity contribution is -0.139. The van der Waals surface area contributed by atoms with E-state index in [0.717, 1.165) is 6.54 Å². The number of ether oxygens (including phenoxy) is 1. The van der Waals surface area contributed by atoms with Crippen molar-refractivity contribution in [1.82, 2.24) is 20.0 Å². The van der Waals surface area contributed by atoms with Crippen molar-refractivity contribution in [2.45, 2.75) is 44.7 Å². The molecule has 2 aliphatic carbocycles. The summed E-state index contributed by atoms with van der Waals surface area (Å²) in [7, 11) is 1.65. The molecule has 2 aliphatic rings. The van der Waals surface area contributed by atoms with Crippen LogP contribution in [0.15, 0.2) is 6.20 Å². The molecule has 0 bridgehead atoms. The van der Waals surface area contributed by atoms with Gasteiger partial charge in [0, 0.05) is 31.9 Å². The van der Waals surface area contributed by atoms with Crippen LogP contribution in [0.4, 0.5) is 10.6 Å². The highest BCUT2D eigenvalue weighted by atomic mass is 16.5. The van der Waals surface area contributed by atoms with Crippen molar-refractivity contribution in [2.24, 2.45) is 13.0 Å². The van der Waals surface area contributed by atoms with E-state index in [1.54, 1.807) is 14.0 Å². The molecule has 10 nitrogen and oxygen atoms in total. The lowest BCUT2D eigenvalue weighted by atomic mass is 9.85. The molecule has 3 rings (SSSR count). The fraction of sp³-hybridized carbons (Fsp3) is 0.667. The molecule has 2 saturated carbocycles. The molecule has 0 aliphatic heterocycles. The number of nitrogens with zero attached hydrogens (tertiary/aromatic N) is 3. The smallest absolute Gasteiger partial charge is 0.343 e. The van der Waals surface area contributed by atoms with Crippen LogP contribution in [-0.4, -0.2) is 69.5 Å². The highest BCUT2D eigenvalue weighted by Crippen LogP contribution is 2.33. The predicted molar refractivity (Wildman–Crippen MR) is 100 cm³/mol. The molecule has 1 aromatic heterocycles. The van der Waals surface area contributed by atoms with Gasteiger partial charge >= 0.3 is 18.0 Å². The molecule has 10 heteroatoms. The summed E-state index contributed by atoms with van der Waals surface area (Å²) < 4.78 is 6.40. The summed E-state index contributed by atoms with van der Waals surface area (Å²) in [5.74, 6) is -0.605. The zero-order valence-corrected chi connectivity index (χ0v) is 16.2. The van der Waals surface area contributed by atoms with Gasteiger partial charge in [0.15, 0.2) is 5.82 Å². The monoisotopic (exact) mass is 393 g/mol. The number of carbonyl (C=O) groups excluding carboxylic acids is 2. The zero-order valence-electron chi connectivity index (χ0n) is 16.2. The maximum absolute atomic E-state index is 12.3. The van der Waals surface area contributed by atoms with E-state index in [0.29, 0.717) is 18.8 Å². The Hall–Kier alpha value is -2.62. The molecule has 2 fully saturated rings. The number of aryl methyl sites for hydroxylation is 1. The molecule has 0 atom stereocenters. The molecule has 154 valence electrons. The molecule has 2 amide bonds. The molecular weight excluding hydrogens is 366 g/mol. The fourth-order valence-electron chi connectivity index (χ4n) is 3.42. The van der Waals surface area contributed by atoms with Gasteiger partial charge in [0.2, 0.25) is 0 Å². The molecule has 0 spiro atoms. The van der Waals surface area contributed by atoms with Crippen LogP contribution in [0, 0.1) is 5.92 Å². The molecule has 0 unspecified atom stereocenters. The van der Waals surface area contributed by atoms with Crippen molar-refractivity contribution in [2.75, 3.05) is 25.0 Å². The summed E-state index contributed by atoms with van der Waals surface area (Å²) in [5, 5.41) is 18.6. The summed E-state index contributed by atoms with van der Waals surface area (Å²) >= 11 is 0. The van der Waals surface area contributed by atoms with E-state index in [2.05, 4.69) is 15.7 Å². The Morgan fingerprint density at radius 2 is 2.07 bits per heavy atom. The first-order chi connectivity index (χ1) is 13.4. The normalized spacial score (nSPS) is 21.1. The van der Waals surface area contributed by atoms with Crippen LogP contribution in [0.1, 0.15) is 43.0 Å². The van der Waals surface area contributed by atoms with Crippen molar-refractivity contribution >= 4 is 23.8 Å². The predicted octanol–water partition coefficient (Wildman–Crippen LogP) is 1.05. The van der Waals surface area contributed by atoms with E-state index in [-0.39, 0.29) is 36.6 Å². The van der Waals surface area contributed by atoms with Gasteiger partial charge in [0.1, 0.15) is 5.56 Å². The lowest BCUT2D eigenvalue weighted by Crippen LogP contribution is -2.56. The van der Waals surface area contributed by atoms with Gasteiger partial charge in [0.25, 0.3) is 0 Å². The first kappa shape index (κ1) is 20.1. The number of amides is 2. The fourth-order valence-corrected chi connectivity index (χ4v) is 3.42. The van der Waals surface area contributed by atoms with Gasteiger partial charge in [-0.1, -0.05) is 0 Å². The van der Waals surface area contributed by atoms with Crippen LogP contribution in [0.25, 0.3) is 0 Å². The number of hydrogen-bond acceptors (Lipinski definition) is 6. The van der Waals surface area contributed by atoms with Crippen LogP contribution in [0.3, 0.4) is 0 Å². The Kier molecular flexibility index (Phi) is 6.18. The third-order valence-corrected chi connectivity index (χ3v) is 5.05. The van der Waals surface area contributed by atoms with Gasteiger partial charge in [-0.25, -0.2) is 9.59 Å². The molecule has 28 heavy (non-hydrogen) atoms. The maximum Gasteiger partial charge on any atom is 0.343 e.